The fourth-order valence-corrected chi connectivity index (χ4v) is 2.24. The van der Waals surface area contributed by atoms with Crippen molar-refractivity contribution in [1.82, 2.24) is 5.32 Å². The van der Waals surface area contributed by atoms with Gasteiger partial charge in [0.2, 0.25) is 0 Å². The summed E-state index contributed by atoms with van der Waals surface area (Å²) in [5, 5.41) is 3.39. The van der Waals surface area contributed by atoms with E-state index in [1.807, 2.05) is 12.1 Å². The van der Waals surface area contributed by atoms with E-state index >= 15 is 0 Å². The van der Waals surface area contributed by atoms with Crippen LogP contribution in [0.3, 0.4) is 0 Å². The highest BCUT2D eigenvalue weighted by Crippen LogP contribution is 2.22. The maximum Gasteiger partial charge on any atom is 0.137 e. The minimum Gasteiger partial charge on any atom is -0.489 e. The molecule has 0 aliphatic carbocycles. The van der Waals surface area contributed by atoms with Crippen molar-refractivity contribution in [3.63, 3.8) is 0 Å². The molecule has 0 saturated heterocycles. The molecule has 0 saturated carbocycles. The maximum atomic E-state index is 13.2. The van der Waals surface area contributed by atoms with E-state index in [-0.39, 0.29) is 5.82 Å². The molecule has 2 rings (SSSR count). The molecule has 2 aromatic carbocycles. The third-order valence-electron chi connectivity index (χ3n) is 3.00. The van der Waals surface area contributed by atoms with Gasteiger partial charge in [-0.25, -0.2) is 4.39 Å². The molecule has 0 radical (unpaired) electrons. The Bertz CT molecular complexity index is 601. The highest BCUT2D eigenvalue weighted by molar-refractivity contribution is 9.10. The van der Waals surface area contributed by atoms with Gasteiger partial charge in [-0.1, -0.05) is 38.1 Å². The molecule has 0 atom stereocenters. The predicted molar refractivity (Wildman–Crippen MR) is 86.8 cm³/mol. The molecule has 0 fully saturated rings. The van der Waals surface area contributed by atoms with E-state index in [4.69, 9.17) is 4.74 Å². The van der Waals surface area contributed by atoms with Crippen molar-refractivity contribution < 1.29 is 9.13 Å². The first-order chi connectivity index (χ1) is 10.0. The molecule has 0 bridgehead atoms. The van der Waals surface area contributed by atoms with Crippen LogP contribution in [0, 0.1) is 5.82 Å². The van der Waals surface area contributed by atoms with Gasteiger partial charge in [0.15, 0.2) is 0 Å². The molecule has 0 aliphatic rings. The van der Waals surface area contributed by atoms with E-state index in [1.54, 1.807) is 12.1 Å². The highest BCUT2D eigenvalue weighted by atomic mass is 79.9. The molecule has 1 N–H and O–H groups in total. The molecule has 112 valence electrons. The monoisotopic (exact) mass is 351 g/mol. The standard InChI is InChI=1S/C17H19BrFNO/c1-12(2)20-10-13-4-3-5-14(8-13)11-21-15-6-7-17(19)16(18)9-15/h3-9,12,20H,10-11H2,1-2H3. The summed E-state index contributed by atoms with van der Waals surface area (Å²) in [6, 6.07) is 13.4. The zero-order valence-electron chi connectivity index (χ0n) is 12.2. The first-order valence-corrected chi connectivity index (χ1v) is 7.73. The highest BCUT2D eigenvalue weighted by Gasteiger charge is 2.03. The van der Waals surface area contributed by atoms with Crippen LogP contribution < -0.4 is 10.1 Å². The Hall–Kier alpha value is -1.39. The smallest absolute Gasteiger partial charge is 0.137 e. The third-order valence-corrected chi connectivity index (χ3v) is 3.61. The van der Waals surface area contributed by atoms with Gasteiger partial charge in [-0.2, -0.15) is 0 Å². The lowest BCUT2D eigenvalue weighted by atomic mass is 10.1. The van der Waals surface area contributed by atoms with Gasteiger partial charge in [-0.05, 0) is 45.3 Å². The molecule has 2 aromatic rings. The second-order valence-electron chi connectivity index (χ2n) is 5.22. The first-order valence-electron chi connectivity index (χ1n) is 6.93. The summed E-state index contributed by atoms with van der Waals surface area (Å²) in [6.07, 6.45) is 0. The van der Waals surface area contributed by atoms with Crippen LogP contribution in [0.15, 0.2) is 46.9 Å². The second-order valence-corrected chi connectivity index (χ2v) is 6.07. The average molecular weight is 352 g/mol. The lowest BCUT2D eigenvalue weighted by Crippen LogP contribution is -2.21. The first kappa shape index (κ1) is 16.0. The molecule has 0 spiro atoms. The Morgan fingerprint density at radius 3 is 2.62 bits per heavy atom. The molecule has 0 heterocycles. The summed E-state index contributed by atoms with van der Waals surface area (Å²) in [5.74, 6) is 0.359. The Morgan fingerprint density at radius 2 is 1.90 bits per heavy atom. The molecule has 0 aromatic heterocycles. The Labute approximate surface area is 133 Å². The number of rotatable bonds is 6. The summed E-state index contributed by atoms with van der Waals surface area (Å²) >= 11 is 3.15. The molecular weight excluding hydrogens is 333 g/mol. The van der Waals surface area contributed by atoms with Crippen molar-refractivity contribution in [1.29, 1.82) is 0 Å². The summed E-state index contributed by atoms with van der Waals surface area (Å²) in [5.41, 5.74) is 2.32. The van der Waals surface area contributed by atoms with Gasteiger partial charge in [-0.3, -0.25) is 0 Å². The zero-order chi connectivity index (χ0) is 15.2. The molecule has 4 heteroatoms. The maximum absolute atomic E-state index is 13.2. The van der Waals surface area contributed by atoms with Crippen LogP contribution in [-0.2, 0) is 13.2 Å². The van der Waals surface area contributed by atoms with E-state index in [2.05, 4.69) is 47.2 Å². The molecule has 2 nitrogen and oxygen atoms in total. The van der Waals surface area contributed by atoms with Crippen LogP contribution in [0.2, 0.25) is 0 Å². The topological polar surface area (TPSA) is 21.3 Å². The molecule has 0 aliphatic heterocycles. The van der Waals surface area contributed by atoms with Gasteiger partial charge in [0.1, 0.15) is 18.2 Å². The summed E-state index contributed by atoms with van der Waals surface area (Å²) in [4.78, 5) is 0. The van der Waals surface area contributed by atoms with Crippen LogP contribution in [0.1, 0.15) is 25.0 Å². The Kier molecular flexibility index (Phi) is 5.76. The Balaban J connectivity index is 1.96. The lowest BCUT2D eigenvalue weighted by Gasteiger charge is -2.10. The van der Waals surface area contributed by atoms with Crippen molar-refractivity contribution in [2.45, 2.75) is 33.0 Å². The zero-order valence-corrected chi connectivity index (χ0v) is 13.8. The van der Waals surface area contributed by atoms with Crippen molar-refractivity contribution in [2.24, 2.45) is 0 Å². The molecule has 21 heavy (non-hydrogen) atoms. The minimum absolute atomic E-state index is 0.288. The number of ether oxygens (including phenoxy) is 1. The van der Waals surface area contributed by atoms with Crippen molar-refractivity contribution in [2.75, 3.05) is 0 Å². The van der Waals surface area contributed by atoms with Gasteiger partial charge in [0, 0.05) is 12.6 Å². The third kappa shape index (κ3) is 5.14. The fourth-order valence-electron chi connectivity index (χ4n) is 1.88. The van der Waals surface area contributed by atoms with Crippen molar-refractivity contribution in [3.8, 4) is 5.75 Å². The number of hydrogen-bond donors (Lipinski definition) is 1. The Morgan fingerprint density at radius 1 is 1.14 bits per heavy atom. The number of halogens is 2. The number of benzene rings is 2. The van der Waals surface area contributed by atoms with Crippen LogP contribution in [-0.4, -0.2) is 6.04 Å². The van der Waals surface area contributed by atoms with Crippen LogP contribution in [0.5, 0.6) is 5.75 Å². The molecular formula is C17H19BrFNO. The van der Waals surface area contributed by atoms with E-state index in [9.17, 15) is 4.39 Å². The van der Waals surface area contributed by atoms with Gasteiger partial charge in [0.05, 0.1) is 4.47 Å². The predicted octanol–water partition coefficient (Wildman–Crippen LogP) is 4.67. The van der Waals surface area contributed by atoms with E-state index in [0.29, 0.717) is 22.9 Å². The van der Waals surface area contributed by atoms with Gasteiger partial charge < -0.3 is 10.1 Å². The van der Waals surface area contributed by atoms with Gasteiger partial charge in [0.25, 0.3) is 0 Å². The largest absolute Gasteiger partial charge is 0.489 e. The summed E-state index contributed by atoms with van der Waals surface area (Å²) < 4.78 is 19.3. The van der Waals surface area contributed by atoms with E-state index in [1.165, 1.54) is 11.6 Å². The normalized spacial score (nSPS) is 10.9. The van der Waals surface area contributed by atoms with E-state index in [0.717, 1.165) is 12.1 Å². The SMILES string of the molecule is CC(C)NCc1cccc(COc2ccc(F)c(Br)c2)c1. The quantitative estimate of drug-likeness (QED) is 0.816. The van der Waals surface area contributed by atoms with Crippen LogP contribution >= 0.6 is 15.9 Å². The molecule has 0 amide bonds. The lowest BCUT2D eigenvalue weighted by molar-refractivity contribution is 0.305. The van der Waals surface area contributed by atoms with E-state index < -0.39 is 0 Å². The van der Waals surface area contributed by atoms with Crippen molar-refractivity contribution in [3.05, 3.63) is 63.9 Å². The molecule has 0 unspecified atom stereocenters. The number of nitrogens with one attached hydrogen (secondary N) is 1. The average Bonchev–Trinajstić information content (AvgIpc) is 2.47. The summed E-state index contributed by atoms with van der Waals surface area (Å²) in [7, 11) is 0. The van der Waals surface area contributed by atoms with Crippen LogP contribution in [0.4, 0.5) is 4.39 Å². The van der Waals surface area contributed by atoms with Crippen molar-refractivity contribution >= 4 is 15.9 Å². The minimum atomic E-state index is -0.288. The summed E-state index contributed by atoms with van der Waals surface area (Å²) in [6.45, 7) is 5.56. The van der Waals surface area contributed by atoms with Gasteiger partial charge >= 0.3 is 0 Å². The van der Waals surface area contributed by atoms with Crippen LogP contribution in [0.25, 0.3) is 0 Å². The fraction of sp³-hybridized carbons (Fsp3) is 0.294. The number of hydrogen-bond acceptors (Lipinski definition) is 2. The second kappa shape index (κ2) is 7.57. The van der Waals surface area contributed by atoms with Gasteiger partial charge in [-0.15, -0.1) is 0 Å².